The molecule has 1 aliphatic carbocycles. The number of aromatic nitrogens is 2. The van der Waals surface area contributed by atoms with Crippen molar-refractivity contribution in [1.82, 2.24) is 14.9 Å². The first kappa shape index (κ1) is 20.2. The van der Waals surface area contributed by atoms with Crippen LogP contribution in [0, 0.1) is 11.3 Å². The predicted octanol–water partition coefficient (Wildman–Crippen LogP) is 3.86. The molecule has 2 aliphatic rings. The Morgan fingerprint density at radius 3 is 2.53 bits per heavy atom. The fourth-order valence-electron chi connectivity index (χ4n) is 4.03. The van der Waals surface area contributed by atoms with Crippen molar-refractivity contribution in [1.29, 1.82) is 5.26 Å². The zero-order chi connectivity index (χ0) is 20.8. The van der Waals surface area contributed by atoms with Gasteiger partial charge in [-0.3, -0.25) is 0 Å². The van der Waals surface area contributed by atoms with E-state index in [0.717, 1.165) is 56.1 Å². The van der Waals surface area contributed by atoms with E-state index in [1.54, 1.807) is 12.3 Å². The number of rotatable bonds is 6. The number of allylic oxidation sites excluding steroid dienone is 1. The number of hydrogen-bond acceptors (Lipinski definition) is 7. The van der Waals surface area contributed by atoms with E-state index in [1.807, 2.05) is 6.07 Å². The molecule has 7 heteroatoms. The second-order valence-corrected chi connectivity index (χ2v) is 8.05. The Kier molecular flexibility index (Phi) is 6.45. The lowest BCUT2D eigenvalue weighted by molar-refractivity contribution is 0.313. The Bertz CT molecular complexity index is 902. The third kappa shape index (κ3) is 5.08. The summed E-state index contributed by atoms with van der Waals surface area (Å²) >= 11 is 0. The number of anilines is 4. The summed E-state index contributed by atoms with van der Waals surface area (Å²) in [4.78, 5) is 13.9. The number of benzene rings is 1. The second-order valence-electron chi connectivity index (χ2n) is 8.05. The van der Waals surface area contributed by atoms with Crippen LogP contribution in [0.25, 0.3) is 6.08 Å². The highest BCUT2D eigenvalue weighted by molar-refractivity contribution is 5.67. The molecule has 0 bridgehead atoms. The topological polar surface area (TPSA) is 80.1 Å². The molecule has 1 aromatic carbocycles. The van der Waals surface area contributed by atoms with Crippen LogP contribution in [-0.4, -0.2) is 54.1 Å². The maximum Gasteiger partial charge on any atom is 0.229 e. The standard InChI is InChI=1S/C23H29N7/c1-29-13-15-30(16-14-29)21-10-8-20(9-11-21)27-23-25-17-18(5-4-12-24)22(28-23)26-19-6-2-3-7-19/h4-5,8-11,17,19H,2-3,6-7,13-16H2,1H3,(H2,25,26,27,28)/b5-4+. The highest BCUT2D eigenvalue weighted by atomic mass is 15.2. The van der Waals surface area contributed by atoms with E-state index in [9.17, 15) is 0 Å². The van der Waals surface area contributed by atoms with Crippen molar-refractivity contribution < 1.29 is 0 Å². The summed E-state index contributed by atoms with van der Waals surface area (Å²) in [6, 6.07) is 10.9. The van der Waals surface area contributed by atoms with Gasteiger partial charge in [0.2, 0.25) is 5.95 Å². The average molecular weight is 404 g/mol. The van der Waals surface area contributed by atoms with Crippen molar-refractivity contribution >= 4 is 29.2 Å². The molecule has 2 aromatic rings. The fraction of sp³-hybridized carbons (Fsp3) is 0.435. The van der Waals surface area contributed by atoms with Gasteiger partial charge in [0, 0.05) is 61.4 Å². The molecule has 2 N–H and O–H groups in total. The summed E-state index contributed by atoms with van der Waals surface area (Å²) in [5, 5.41) is 15.7. The third-order valence-electron chi connectivity index (χ3n) is 5.84. The molecule has 2 heterocycles. The molecule has 1 saturated heterocycles. The van der Waals surface area contributed by atoms with Crippen LogP contribution in [0.1, 0.15) is 31.2 Å². The molecule has 0 spiro atoms. The van der Waals surface area contributed by atoms with E-state index in [4.69, 9.17) is 10.2 Å². The van der Waals surface area contributed by atoms with Gasteiger partial charge in [-0.25, -0.2) is 4.98 Å². The molecule has 30 heavy (non-hydrogen) atoms. The molecule has 156 valence electrons. The quantitative estimate of drug-likeness (QED) is 0.709. The van der Waals surface area contributed by atoms with Crippen LogP contribution in [0.15, 0.2) is 36.5 Å². The van der Waals surface area contributed by atoms with E-state index >= 15 is 0 Å². The number of nitriles is 1. The van der Waals surface area contributed by atoms with Gasteiger partial charge in [0.05, 0.1) is 6.07 Å². The first-order chi connectivity index (χ1) is 14.7. The van der Waals surface area contributed by atoms with Gasteiger partial charge in [-0.2, -0.15) is 10.2 Å². The molecule has 0 unspecified atom stereocenters. The molecule has 0 amide bonds. The summed E-state index contributed by atoms with van der Waals surface area (Å²) in [7, 11) is 2.17. The molecule has 1 aromatic heterocycles. The second kappa shape index (κ2) is 9.59. The summed E-state index contributed by atoms with van der Waals surface area (Å²) in [6.07, 6.45) is 9.78. The maximum absolute atomic E-state index is 8.87. The Morgan fingerprint density at radius 1 is 1.10 bits per heavy atom. The van der Waals surface area contributed by atoms with Crippen LogP contribution >= 0.6 is 0 Å². The van der Waals surface area contributed by atoms with Gasteiger partial charge >= 0.3 is 0 Å². The van der Waals surface area contributed by atoms with E-state index in [2.05, 4.69) is 56.7 Å². The van der Waals surface area contributed by atoms with Gasteiger partial charge in [0.15, 0.2) is 0 Å². The van der Waals surface area contributed by atoms with Crippen molar-refractivity contribution in [3.05, 3.63) is 42.1 Å². The van der Waals surface area contributed by atoms with Gasteiger partial charge in [-0.05, 0) is 50.2 Å². The highest BCUT2D eigenvalue weighted by Gasteiger charge is 2.17. The Balaban J connectivity index is 1.46. The molecule has 0 radical (unpaired) electrons. The zero-order valence-electron chi connectivity index (χ0n) is 17.5. The summed E-state index contributed by atoms with van der Waals surface area (Å²) in [5.74, 6) is 1.33. The maximum atomic E-state index is 8.87. The Hall–Kier alpha value is -3.11. The van der Waals surface area contributed by atoms with Gasteiger partial charge in [-0.1, -0.05) is 12.8 Å². The van der Waals surface area contributed by atoms with Crippen LogP contribution in [0.3, 0.4) is 0 Å². The van der Waals surface area contributed by atoms with Crippen molar-refractivity contribution in [2.45, 2.75) is 31.7 Å². The largest absolute Gasteiger partial charge is 0.369 e. The summed E-state index contributed by atoms with van der Waals surface area (Å²) < 4.78 is 0. The molecular formula is C23H29N7. The van der Waals surface area contributed by atoms with Gasteiger partial charge in [-0.15, -0.1) is 0 Å². The molecule has 1 saturated carbocycles. The minimum atomic E-state index is 0.435. The van der Waals surface area contributed by atoms with E-state index in [1.165, 1.54) is 24.6 Å². The summed E-state index contributed by atoms with van der Waals surface area (Å²) in [5.41, 5.74) is 3.04. The van der Waals surface area contributed by atoms with Crippen molar-refractivity contribution in [2.24, 2.45) is 0 Å². The van der Waals surface area contributed by atoms with E-state index in [-0.39, 0.29) is 0 Å². The number of nitrogens with zero attached hydrogens (tertiary/aromatic N) is 5. The molecule has 7 nitrogen and oxygen atoms in total. The van der Waals surface area contributed by atoms with Crippen LogP contribution < -0.4 is 15.5 Å². The molecule has 4 rings (SSSR count). The number of hydrogen-bond donors (Lipinski definition) is 2. The molecular weight excluding hydrogens is 374 g/mol. The number of piperazine rings is 1. The smallest absolute Gasteiger partial charge is 0.229 e. The lowest BCUT2D eigenvalue weighted by Gasteiger charge is -2.34. The van der Waals surface area contributed by atoms with Crippen LogP contribution in [-0.2, 0) is 0 Å². The highest BCUT2D eigenvalue weighted by Crippen LogP contribution is 2.26. The minimum absolute atomic E-state index is 0.435. The Labute approximate surface area is 178 Å². The molecule has 0 atom stereocenters. The van der Waals surface area contributed by atoms with Crippen molar-refractivity contribution in [3.8, 4) is 6.07 Å². The van der Waals surface area contributed by atoms with Crippen LogP contribution in [0.2, 0.25) is 0 Å². The summed E-state index contributed by atoms with van der Waals surface area (Å²) in [6.45, 7) is 4.30. The van der Waals surface area contributed by atoms with Crippen molar-refractivity contribution in [3.63, 3.8) is 0 Å². The third-order valence-corrected chi connectivity index (χ3v) is 5.84. The number of likely N-dealkylation sites (N-methyl/N-ethyl adjacent to an activating group) is 1. The SMILES string of the molecule is CN1CCN(c2ccc(Nc3ncc(/C=C/C#N)c(NC4CCCC4)n3)cc2)CC1. The molecule has 1 aliphatic heterocycles. The monoisotopic (exact) mass is 403 g/mol. The number of nitrogens with one attached hydrogen (secondary N) is 2. The predicted molar refractivity (Wildman–Crippen MR) is 122 cm³/mol. The van der Waals surface area contributed by atoms with Gasteiger partial charge in [0.1, 0.15) is 5.82 Å². The first-order valence-corrected chi connectivity index (χ1v) is 10.7. The fourth-order valence-corrected chi connectivity index (χ4v) is 4.03. The first-order valence-electron chi connectivity index (χ1n) is 10.7. The average Bonchev–Trinajstić information content (AvgIpc) is 3.28. The van der Waals surface area contributed by atoms with Gasteiger partial charge in [0.25, 0.3) is 0 Å². The lowest BCUT2D eigenvalue weighted by atomic mass is 10.2. The molecule has 2 fully saturated rings. The lowest BCUT2D eigenvalue weighted by Crippen LogP contribution is -2.44. The van der Waals surface area contributed by atoms with Crippen LogP contribution in [0.4, 0.5) is 23.1 Å². The van der Waals surface area contributed by atoms with E-state index < -0.39 is 0 Å². The normalized spacial score (nSPS) is 17.9. The van der Waals surface area contributed by atoms with Gasteiger partial charge < -0.3 is 20.4 Å². The minimum Gasteiger partial charge on any atom is -0.369 e. The van der Waals surface area contributed by atoms with Crippen molar-refractivity contribution in [2.75, 3.05) is 48.8 Å². The van der Waals surface area contributed by atoms with E-state index in [0.29, 0.717) is 12.0 Å². The Morgan fingerprint density at radius 2 is 1.83 bits per heavy atom. The van der Waals surface area contributed by atoms with Crippen LogP contribution in [0.5, 0.6) is 0 Å². The zero-order valence-corrected chi connectivity index (χ0v) is 17.5.